The Morgan fingerprint density at radius 2 is 1.81 bits per heavy atom. The number of aliphatic hydroxyl groups excluding tert-OH is 1. The van der Waals surface area contributed by atoms with E-state index in [4.69, 9.17) is 5.11 Å². The molecule has 1 amide bonds. The molecule has 2 aromatic carbocycles. The Bertz CT molecular complexity index is 1300. The van der Waals surface area contributed by atoms with Gasteiger partial charge in [-0.05, 0) is 48.6 Å². The van der Waals surface area contributed by atoms with E-state index < -0.39 is 20.5 Å². The highest BCUT2D eigenvalue weighted by Gasteiger charge is 2.42. The van der Waals surface area contributed by atoms with Crippen molar-refractivity contribution >= 4 is 26.6 Å². The number of aryl methyl sites for hydroxylation is 1. The summed E-state index contributed by atoms with van der Waals surface area (Å²) in [6.45, 7) is 1.49. The molecule has 1 aromatic heterocycles. The van der Waals surface area contributed by atoms with Gasteiger partial charge in [-0.3, -0.25) is 14.2 Å². The summed E-state index contributed by atoms with van der Waals surface area (Å²) in [5.74, 6) is -0.614. The van der Waals surface area contributed by atoms with E-state index in [2.05, 4.69) is 10.3 Å². The van der Waals surface area contributed by atoms with Crippen LogP contribution in [0.25, 0.3) is 22.0 Å². The Morgan fingerprint density at radius 3 is 2.41 bits per heavy atom. The van der Waals surface area contributed by atoms with Gasteiger partial charge in [0.2, 0.25) is 5.91 Å². The van der Waals surface area contributed by atoms with Crippen LogP contribution in [0.4, 0.5) is 0 Å². The average Bonchev–Trinajstić information content (AvgIpc) is 2.77. The Kier molecular flexibility index (Phi) is 6.80. The van der Waals surface area contributed by atoms with E-state index >= 15 is 0 Å². The summed E-state index contributed by atoms with van der Waals surface area (Å²) in [5, 5.41) is 11.8. The molecule has 0 radical (unpaired) electrons. The fourth-order valence-corrected chi connectivity index (χ4v) is 4.46. The first-order chi connectivity index (χ1) is 15.1. The van der Waals surface area contributed by atoms with Crippen LogP contribution in [0.2, 0.25) is 0 Å². The molecule has 0 unspecified atom stereocenters. The molecule has 3 aromatic rings. The lowest BCUT2D eigenvalue weighted by Gasteiger charge is -2.25. The van der Waals surface area contributed by atoms with Crippen molar-refractivity contribution in [3.05, 3.63) is 64.7 Å². The van der Waals surface area contributed by atoms with Crippen LogP contribution in [-0.4, -0.2) is 53.6 Å². The summed E-state index contributed by atoms with van der Waals surface area (Å²) in [4.78, 5) is 29.6. The van der Waals surface area contributed by atoms with Crippen molar-refractivity contribution in [3.8, 4) is 11.1 Å². The highest BCUT2D eigenvalue weighted by Crippen LogP contribution is 2.24. The third kappa shape index (κ3) is 4.58. The standard InChI is InChI=1S/C23H27N3O5S/c1-23(22(29)24-2,32(3,30)31)11-12-26-15-25-20-14-18(8-9-19(20)21(26)28)17-6-4-16(5-7-17)10-13-27/h4-9,14-15,27H,10-13H2,1-3H3,(H,24,29)/t23-/m1/s1. The van der Waals surface area contributed by atoms with Crippen molar-refractivity contribution in [3.63, 3.8) is 0 Å². The van der Waals surface area contributed by atoms with E-state index in [0.717, 1.165) is 22.9 Å². The number of carbonyl (C=O) groups excluding carboxylic acids is 1. The van der Waals surface area contributed by atoms with Gasteiger partial charge in [0.25, 0.3) is 5.56 Å². The topological polar surface area (TPSA) is 118 Å². The van der Waals surface area contributed by atoms with Crippen molar-refractivity contribution in [2.75, 3.05) is 19.9 Å². The van der Waals surface area contributed by atoms with Crippen molar-refractivity contribution < 1.29 is 18.3 Å². The number of hydrogen-bond donors (Lipinski definition) is 2. The molecule has 0 spiro atoms. The van der Waals surface area contributed by atoms with Crippen molar-refractivity contribution in [2.45, 2.75) is 31.1 Å². The zero-order valence-corrected chi connectivity index (χ0v) is 19.1. The van der Waals surface area contributed by atoms with Gasteiger partial charge in [-0.15, -0.1) is 0 Å². The van der Waals surface area contributed by atoms with Crippen molar-refractivity contribution in [1.29, 1.82) is 0 Å². The molecule has 0 saturated carbocycles. The van der Waals surface area contributed by atoms with Crippen LogP contribution < -0.4 is 10.9 Å². The van der Waals surface area contributed by atoms with Gasteiger partial charge in [0.1, 0.15) is 4.75 Å². The molecule has 3 rings (SSSR count). The summed E-state index contributed by atoms with van der Waals surface area (Å²) in [6.07, 6.45) is 2.93. The fraction of sp³-hybridized carbons (Fsp3) is 0.348. The number of fused-ring (bicyclic) bond motifs is 1. The maximum atomic E-state index is 12.9. The molecule has 0 fully saturated rings. The number of carbonyl (C=O) groups is 1. The number of nitrogens with zero attached hydrogens (tertiary/aromatic N) is 2. The monoisotopic (exact) mass is 457 g/mol. The highest BCUT2D eigenvalue weighted by molar-refractivity contribution is 7.92. The second-order valence-corrected chi connectivity index (χ2v) is 10.4. The first kappa shape index (κ1) is 23.6. The van der Waals surface area contributed by atoms with Crippen LogP contribution in [0.3, 0.4) is 0 Å². The van der Waals surface area contributed by atoms with Gasteiger partial charge in [0, 0.05) is 26.5 Å². The van der Waals surface area contributed by atoms with Crippen molar-refractivity contribution in [1.82, 2.24) is 14.9 Å². The van der Waals surface area contributed by atoms with Gasteiger partial charge in [-0.2, -0.15) is 0 Å². The maximum absolute atomic E-state index is 12.9. The van der Waals surface area contributed by atoms with Crippen LogP contribution in [0.1, 0.15) is 18.9 Å². The smallest absolute Gasteiger partial charge is 0.261 e. The van der Waals surface area contributed by atoms with Gasteiger partial charge < -0.3 is 10.4 Å². The molecule has 0 saturated heterocycles. The lowest BCUT2D eigenvalue weighted by molar-refractivity contribution is -0.123. The summed E-state index contributed by atoms with van der Waals surface area (Å²) in [5.41, 5.74) is 3.14. The van der Waals surface area contributed by atoms with Crippen LogP contribution >= 0.6 is 0 Å². The lowest BCUT2D eigenvalue weighted by Crippen LogP contribution is -2.49. The zero-order valence-electron chi connectivity index (χ0n) is 18.3. The summed E-state index contributed by atoms with van der Waals surface area (Å²) < 4.78 is 24.1. The van der Waals surface area contributed by atoms with Gasteiger partial charge >= 0.3 is 0 Å². The van der Waals surface area contributed by atoms with Gasteiger partial charge in [0.15, 0.2) is 9.84 Å². The van der Waals surface area contributed by atoms with E-state index in [0.29, 0.717) is 17.3 Å². The van der Waals surface area contributed by atoms with E-state index in [1.165, 1.54) is 24.9 Å². The number of hydrogen-bond acceptors (Lipinski definition) is 6. The molecule has 1 atom stereocenters. The van der Waals surface area contributed by atoms with Crippen molar-refractivity contribution in [2.24, 2.45) is 0 Å². The van der Waals surface area contributed by atoms with Crippen LogP contribution in [0.5, 0.6) is 0 Å². The predicted molar refractivity (Wildman–Crippen MR) is 124 cm³/mol. The van der Waals surface area contributed by atoms with E-state index in [-0.39, 0.29) is 25.1 Å². The highest BCUT2D eigenvalue weighted by atomic mass is 32.2. The minimum absolute atomic E-state index is 0.0346. The number of aromatic nitrogens is 2. The molecule has 0 aliphatic carbocycles. The molecule has 0 bridgehead atoms. The van der Waals surface area contributed by atoms with Crippen LogP contribution in [0, 0.1) is 0 Å². The summed E-state index contributed by atoms with van der Waals surface area (Å²) >= 11 is 0. The Labute approximate surface area is 186 Å². The van der Waals surface area contributed by atoms with E-state index in [9.17, 15) is 18.0 Å². The predicted octanol–water partition coefficient (Wildman–Crippen LogP) is 1.54. The summed E-state index contributed by atoms with van der Waals surface area (Å²) in [7, 11) is -2.32. The number of nitrogens with one attached hydrogen (secondary N) is 1. The molecule has 9 heteroatoms. The molecular weight excluding hydrogens is 430 g/mol. The normalized spacial score (nSPS) is 13.6. The molecule has 0 aliphatic heterocycles. The van der Waals surface area contributed by atoms with Gasteiger partial charge in [-0.25, -0.2) is 13.4 Å². The first-order valence-corrected chi connectivity index (χ1v) is 12.1. The third-order valence-corrected chi connectivity index (χ3v) is 7.89. The number of amides is 1. The molecule has 8 nitrogen and oxygen atoms in total. The SMILES string of the molecule is CNC(=O)[C@@](C)(CCn1cnc2cc(-c3ccc(CCO)cc3)ccc2c1=O)S(C)(=O)=O. The Morgan fingerprint density at radius 1 is 1.16 bits per heavy atom. The van der Waals surface area contributed by atoms with Gasteiger partial charge in [0.05, 0.1) is 17.2 Å². The molecular formula is C23H27N3O5S. The quantitative estimate of drug-likeness (QED) is 0.530. The average molecular weight is 458 g/mol. The number of aliphatic hydroxyl groups is 1. The lowest BCUT2D eigenvalue weighted by atomic mass is 10.0. The molecule has 1 heterocycles. The van der Waals surface area contributed by atoms with Crippen LogP contribution in [-0.2, 0) is 27.6 Å². The Balaban J connectivity index is 1.90. The molecule has 0 aliphatic rings. The second-order valence-electron chi connectivity index (χ2n) is 7.98. The maximum Gasteiger partial charge on any atom is 0.261 e. The summed E-state index contributed by atoms with van der Waals surface area (Å²) in [6, 6.07) is 13.2. The minimum Gasteiger partial charge on any atom is -0.396 e. The zero-order chi connectivity index (χ0) is 23.5. The third-order valence-electron chi connectivity index (χ3n) is 5.87. The van der Waals surface area contributed by atoms with E-state index in [1.807, 2.05) is 36.4 Å². The molecule has 2 N–H and O–H groups in total. The largest absolute Gasteiger partial charge is 0.396 e. The van der Waals surface area contributed by atoms with Crippen LogP contribution in [0.15, 0.2) is 53.6 Å². The molecule has 32 heavy (non-hydrogen) atoms. The first-order valence-electron chi connectivity index (χ1n) is 10.2. The minimum atomic E-state index is -3.71. The number of sulfone groups is 1. The van der Waals surface area contributed by atoms with E-state index in [1.54, 1.807) is 6.07 Å². The fourth-order valence-electron chi connectivity index (χ4n) is 3.56. The second kappa shape index (κ2) is 9.22. The number of benzene rings is 2. The Hall–Kier alpha value is -3.04. The van der Waals surface area contributed by atoms with Gasteiger partial charge in [-0.1, -0.05) is 30.3 Å². The molecule has 170 valence electrons. The number of rotatable bonds is 8.